The summed E-state index contributed by atoms with van der Waals surface area (Å²) in [6.45, 7) is 4.88. The minimum Gasteiger partial charge on any atom is -0.494 e. The summed E-state index contributed by atoms with van der Waals surface area (Å²) in [5.41, 5.74) is 2.46. The van der Waals surface area contributed by atoms with Crippen LogP contribution in [0.5, 0.6) is 5.75 Å². The van der Waals surface area contributed by atoms with Gasteiger partial charge in [0, 0.05) is 17.1 Å². The Balaban J connectivity index is 2.04. The van der Waals surface area contributed by atoms with Crippen LogP contribution in [-0.4, -0.2) is 12.5 Å². The summed E-state index contributed by atoms with van der Waals surface area (Å²) in [5.74, 6) is 0.682. The van der Waals surface area contributed by atoms with Crippen molar-refractivity contribution in [1.29, 1.82) is 0 Å². The molecule has 1 amide bonds. The average molecular weight is 304 g/mol. The largest absolute Gasteiger partial charge is 0.494 e. The number of rotatable bonds is 5. The van der Waals surface area contributed by atoms with Gasteiger partial charge in [-0.3, -0.25) is 4.79 Å². The van der Waals surface area contributed by atoms with Crippen LogP contribution < -0.4 is 10.1 Å². The van der Waals surface area contributed by atoms with Gasteiger partial charge in [0.1, 0.15) is 5.75 Å². The van der Waals surface area contributed by atoms with Crippen molar-refractivity contribution in [3.05, 3.63) is 64.2 Å². The third-order valence-corrected chi connectivity index (χ3v) is 3.50. The zero-order chi connectivity index (χ0) is 15.2. The van der Waals surface area contributed by atoms with Crippen molar-refractivity contribution in [2.45, 2.75) is 20.4 Å². The topological polar surface area (TPSA) is 38.3 Å². The number of benzene rings is 2. The molecule has 0 bridgehead atoms. The lowest BCUT2D eigenvalue weighted by Gasteiger charge is -2.10. The number of aryl methyl sites for hydroxylation is 1. The molecule has 0 aliphatic rings. The Kier molecular flexibility index (Phi) is 5.23. The van der Waals surface area contributed by atoms with Crippen molar-refractivity contribution in [2.24, 2.45) is 0 Å². The van der Waals surface area contributed by atoms with E-state index >= 15 is 0 Å². The van der Waals surface area contributed by atoms with Gasteiger partial charge in [-0.1, -0.05) is 29.8 Å². The maximum absolute atomic E-state index is 12.2. The molecule has 3 nitrogen and oxygen atoms in total. The van der Waals surface area contributed by atoms with E-state index in [-0.39, 0.29) is 5.91 Å². The van der Waals surface area contributed by atoms with Gasteiger partial charge >= 0.3 is 0 Å². The number of carbonyl (C=O) groups excluding carboxylic acids is 1. The van der Waals surface area contributed by atoms with Crippen molar-refractivity contribution in [1.82, 2.24) is 5.32 Å². The first-order valence-corrected chi connectivity index (χ1v) is 7.24. The predicted molar refractivity (Wildman–Crippen MR) is 85.0 cm³/mol. The first-order valence-electron chi connectivity index (χ1n) is 6.87. The van der Waals surface area contributed by atoms with Gasteiger partial charge in [-0.05, 0) is 49.2 Å². The Morgan fingerprint density at radius 2 is 2.00 bits per heavy atom. The van der Waals surface area contributed by atoms with Crippen molar-refractivity contribution in [3.63, 3.8) is 0 Å². The average Bonchev–Trinajstić information content (AvgIpc) is 2.48. The third kappa shape index (κ3) is 3.99. The zero-order valence-electron chi connectivity index (χ0n) is 12.2. The van der Waals surface area contributed by atoms with E-state index in [2.05, 4.69) is 5.32 Å². The fourth-order valence-electron chi connectivity index (χ4n) is 2.03. The van der Waals surface area contributed by atoms with Crippen LogP contribution >= 0.6 is 11.6 Å². The zero-order valence-corrected chi connectivity index (χ0v) is 12.9. The summed E-state index contributed by atoms with van der Waals surface area (Å²) in [6.07, 6.45) is 0. The lowest BCUT2D eigenvalue weighted by Crippen LogP contribution is -2.23. The predicted octanol–water partition coefficient (Wildman–Crippen LogP) is 3.98. The normalized spacial score (nSPS) is 10.2. The molecule has 0 heterocycles. The maximum atomic E-state index is 12.2. The summed E-state index contributed by atoms with van der Waals surface area (Å²) < 4.78 is 5.47. The second kappa shape index (κ2) is 7.14. The minimum absolute atomic E-state index is 0.124. The van der Waals surface area contributed by atoms with Gasteiger partial charge in [0.2, 0.25) is 0 Å². The fourth-order valence-corrected chi connectivity index (χ4v) is 2.23. The van der Waals surface area contributed by atoms with Gasteiger partial charge < -0.3 is 10.1 Å². The van der Waals surface area contributed by atoms with Crippen molar-refractivity contribution >= 4 is 17.5 Å². The Morgan fingerprint density at radius 1 is 1.24 bits per heavy atom. The molecule has 0 aliphatic heterocycles. The van der Waals surface area contributed by atoms with Gasteiger partial charge in [0.05, 0.1) is 6.61 Å². The molecule has 2 aromatic rings. The first kappa shape index (κ1) is 15.4. The molecule has 2 aromatic carbocycles. The van der Waals surface area contributed by atoms with E-state index in [1.807, 2.05) is 50.2 Å². The molecular weight excluding hydrogens is 286 g/mol. The summed E-state index contributed by atoms with van der Waals surface area (Å²) in [4.78, 5) is 12.2. The molecule has 4 heteroatoms. The second-order valence-corrected chi connectivity index (χ2v) is 5.09. The van der Waals surface area contributed by atoms with Crippen molar-refractivity contribution in [2.75, 3.05) is 6.61 Å². The van der Waals surface area contributed by atoms with Crippen LogP contribution in [0.3, 0.4) is 0 Å². The highest BCUT2D eigenvalue weighted by molar-refractivity contribution is 6.31. The molecule has 0 unspecified atom stereocenters. The van der Waals surface area contributed by atoms with Crippen LogP contribution in [0.2, 0.25) is 5.02 Å². The smallest absolute Gasteiger partial charge is 0.251 e. The number of hydrogen-bond donors (Lipinski definition) is 1. The lowest BCUT2D eigenvalue weighted by molar-refractivity contribution is 0.0951. The molecule has 21 heavy (non-hydrogen) atoms. The first-order chi connectivity index (χ1) is 10.1. The Morgan fingerprint density at radius 3 is 2.67 bits per heavy atom. The van der Waals surface area contributed by atoms with Crippen LogP contribution in [0.25, 0.3) is 0 Å². The molecule has 2 rings (SSSR count). The van der Waals surface area contributed by atoms with E-state index < -0.39 is 0 Å². The summed E-state index contributed by atoms with van der Waals surface area (Å²) >= 11 is 6.07. The van der Waals surface area contributed by atoms with Crippen molar-refractivity contribution < 1.29 is 9.53 Å². The SMILES string of the molecule is CCOc1ccc(C(=O)NCc2ccccc2Cl)cc1C. The van der Waals surface area contributed by atoms with E-state index in [1.165, 1.54) is 0 Å². The Hall–Kier alpha value is -2.00. The fraction of sp³-hybridized carbons (Fsp3) is 0.235. The number of carbonyl (C=O) groups is 1. The molecule has 0 aliphatic carbocycles. The second-order valence-electron chi connectivity index (χ2n) is 4.69. The van der Waals surface area contributed by atoms with E-state index in [0.29, 0.717) is 23.7 Å². The number of ether oxygens (including phenoxy) is 1. The highest BCUT2D eigenvalue weighted by atomic mass is 35.5. The number of nitrogens with one attached hydrogen (secondary N) is 1. The van der Waals surface area contributed by atoms with E-state index in [0.717, 1.165) is 16.9 Å². The van der Waals surface area contributed by atoms with E-state index in [4.69, 9.17) is 16.3 Å². The van der Waals surface area contributed by atoms with Crippen LogP contribution in [0, 0.1) is 6.92 Å². The maximum Gasteiger partial charge on any atom is 0.251 e. The van der Waals surface area contributed by atoms with E-state index in [1.54, 1.807) is 6.07 Å². The van der Waals surface area contributed by atoms with Crippen molar-refractivity contribution in [3.8, 4) is 5.75 Å². The quantitative estimate of drug-likeness (QED) is 0.907. The molecule has 0 saturated heterocycles. The van der Waals surface area contributed by atoms with Crippen LogP contribution in [0.15, 0.2) is 42.5 Å². The van der Waals surface area contributed by atoms with Crippen LogP contribution in [-0.2, 0) is 6.54 Å². The summed E-state index contributed by atoms with van der Waals surface area (Å²) in [7, 11) is 0. The molecule has 1 N–H and O–H groups in total. The highest BCUT2D eigenvalue weighted by Crippen LogP contribution is 2.19. The molecule has 0 fully saturated rings. The monoisotopic (exact) mass is 303 g/mol. The minimum atomic E-state index is -0.124. The molecule has 0 radical (unpaired) electrons. The van der Waals surface area contributed by atoms with Gasteiger partial charge in [-0.2, -0.15) is 0 Å². The Bertz CT molecular complexity index is 640. The molecule has 0 aromatic heterocycles. The summed E-state index contributed by atoms with van der Waals surface area (Å²) in [5, 5.41) is 3.52. The lowest BCUT2D eigenvalue weighted by atomic mass is 10.1. The standard InChI is InChI=1S/C17H18ClNO2/c1-3-21-16-9-8-13(10-12(16)2)17(20)19-11-14-6-4-5-7-15(14)18/h4-10H,3,11H2,1-2H3,(H,19,20). The summed E-state index contributed by atoms with van der Waals surface area (Å²) in [6, 6.07) is 12.9. The molecule has 0 atom stereocenters. The van der Waals surface area contributed by atoms with Gasteiger partial charge in [0.25, 0.3) is 5.91 Å². The third-order valence-electron chi connectivity index (χ3n) is 3.13. The van der Waals surface area contributed by atoms with Crippen LogP contribution in [0.4, 0.5) is 0 Å². The number of hydrogen-bond acceptors (Lipinski definition) is 2. The molecule has 0 spiro atoms. The number of halogens is 1. The Labute approximate surface area is 129 Å². The van der Waals surface area contributed by atoms with Gasteiger partial charge in [-0.25, -0.2) is 0 Å². The number of amides is 1. The van der Waals surface area contributed by atoms with Crippen LogP contribution in [0.1, 0.15) is 28.4 Å². The molecular formula is C17H18ClNO2. The van der Waals surface area contributed by atoms with E-state index in [9.17, 15) is 4.79 Å². The highest BCUT2D eigenvalue weighted by Gasteiger charge is 2.09. The van der Waals surface area contributed by atoms with Gasteiger partial charge in [-0.15, -0.1) is 0 Å². The molecule has 0 saturated carbocycles. The molecule has 110 valence electrons. The van der Waals surface area contributed by atoms with Gasteiger partial charge in [0.15, 0.2) is 0 Å².